The Bertz CT molecular complexity index is 498. The van der Waals surface area contributed by atoms with E-state index < -0.39 is 5.97 Å². The highest BCUT2D eigenvalue weighted by Gasteiger charge is 2.28. The molecule has 1 saturated carbocycles. The SMILES string of the molecule is Cc1nc(CSCC(=O)N(CC(=O)O)C2CCCC2)cs1. The van der Waals surface area contributed by atoms with Gasteiger partial charge in [-0.25, -0.2) is 4.98 Å². The van der Waals surface area contributed by atoms with Gasteiger partial charge in [0.1, 0.15) is 6.54 Å². The summed E-state index contributed by atoms with van der Waals surface area (Å²) in [7, 11) is 0. The molecular weight excluding hydrogens is 308 g/mol. The standard InChI is InChI=1S/C14H20N2O3S2/c1-10-15-11(8-21-10)7-20-9-13(17)16(6-14(18)19)12-4-2-3-5-12/h8,12H,2-7,9H2,1H3,(H,18,19). The second-order valence-electron chi connectivity index (χ2n) is 5.20. The van der Waals surface area contributed by atoms with Crippen molar-refractivity contribution in [2.45, 2.75) is 44.4 Å². The molecule has 1 amide bonds. The summed E-state index contributed by atoms with van der Waals surface area (Å²) in [4.78, 5) is 29.2. The summed E-state index contributed by atoms with van der Waals surface area (Å²) in [6.07, 6.45) is 4.02. The van der Waals surface area contributed by atoms with Crippen molar-refractivity contribution >= 4 is 35.0 Å². The third kappa shape index (κ3) is 5.00. The van der Waals surface area contributed by atoms with Gasteiger partial charge < -0.3 is 10.0 Å². The van der Waals surface area contributed by atoms with Crippen molar-refractivity contribution in [3.63, 3.8) is 0 Å². The average molecular weight is 328 g/mol. The Morgan fingerprint density at radius 3 is 2.76 bits per heavy atom. The van der Waals surface area contributed by atoms with Crippen molar-refractivity contribution in [3.05, 3.63) is 16.1 Å². The van der Waals surface area contributed by atoms with E-state index in [0.29, 0.717) is 11.5 Å². The van der Waals surface area contributed by atoms with Crippen LogP contribution in [0, 0.1) is 6.92 Å². The molecule has 1 aromatic heterocycles. The van der Waals surface area contributed by atoms with Crippen LogP contribution in [0.3, 0.4) is 0 Å². The van der Waals surface area contributed by atoms with E-state index in [1.165, 1.54) is 11.8 Å². The van der Waals surface area contributed by atoms with Gasteiger partial charge in [-0.15, -0.1) is 23.1 Å². The molecule has 116 valence electrons. The Labute approximate surface area is 132 Å². The summed E-state index contributed by atoms with van der Waals surface area (Å²) < 4.78 is 0. The van der Waals surface area contributed by atoms with Gasteiger partial charge in [-0.2, -0.15) is 0 Å². The first kappa shape index (κ1) is 16.3. The van der Waals surface area contributed by atoms with Crippen LogP contribution < -0.4 is 0 Å². The fourth-order valence-electron chi connectivity index (χ4n) is 2.58. The molecule has 1 fully saturated rings. The van der Waals surface area contributed by atoms with Crippen LogP contribution in [0.15, 0.2) is 5.38 Å². The van der Waals surface area contributed by atoms with Gasteiger partial charge in [-0.05, 0) is 19.8 Å². The van der Waals surface area contributed by atoms with Crippen LogP contribution in [0.2, 0.25) is 0 Å². The fraction of sp³-hybridized carbons (Fsp3) is 0.643. The molecule has 0 atom stereocenters. The normalized spacial score (nSPS) is 15.3. The van der Waals surface area contributed by atoms with Gasteiger partial charge in [0.05, 0.1) is 16.5 Å². The molecule has 0 aromatic carbocycles. The number of carbonyl (C=O) groups is 2. The number of rotatable bonds is 7. The number of amides is 1. The number of thioether (sulfide) groups is 1. The van der Waals surface area contributed by atoms with E-state index in [1.807, 2.05) is 12.3 Å². The first-order valence-corrected chi connectivity index (χ1v) is 9.09. The Hall–Kier alpha value is -1.08. The molecular formula is C14H20N2O3S2. The number of hydrogen-bond acceptors (Lipinski definition) is 5. The third-order valence-electron chi connectivity index (χ3n) is 3.53. The van der Waals surface area contributed by atoms with Crippen LogP contribution in [0.4, 0.5) is 0 Å². The van der Waals surface area contributed by atoms with Crippen molar-refractivity contribution in [1.29, 1.82) is 0 Å². The molecule has 0 aliphatic heterocycles. The molecule has 0 radical (unpaired) electrons. The maximum atomic E-state index is 12.3. The van der Waals surface area contributed by atoms with E-state index in [4.69, 9.17) is 5.11 Å². The molecule has 1 N–H and O–H groups in total. The maximum Gasteiger partial charge on any atom is 0.323 e. The Kier molecular flexibility index (Phi) is 6.05. The van der Waals surface area contributed by atoms with Gasteiger partial charge in [-0.1, -0.05) is 12.8 Å². The summed E-state index contributed by atoms with van der Waals surface area (Å²) in [6, 6.07) is 0.107. The quantitative estimate of drug-likeness (QED) is 0.833. The number of carbonyl (C=O) groups excluding carboxylic acids is 1. The van der Waals surface area contributed by atoms with Crippen molar-refractivity contribution < 1.29 is 14.7 Å². The minimum atomic E-state index is -0.935. The highest BCUT2D eigenvalue weighted by atomic mass is 32.2. The number of hydrogen-bond donors (Lipinski definition) is 1. The molecule has 1 aromatic rings. The molecule has 0 unspecified atom stereocenters. The van der Waals surface area contributed by atoms with Crippen LogP contribution in [-0.4, -0.2) is 45.2 Å². The predicted molar refractivity (Wildman–Crippen MR) is 84.6 cm³/mol. The summed E-state index contributed by atoms with van der Waals surface area (Å²) in [6.45, 7) is 1.78. The first-order valence-electron chi connectivity index (χ1n) is 7.06. The average Bonchev–Trinajstić information content (AvgIpc) is 3.07. The van der Waals surface area contributed by atoms with Crippen LogP contribution in [0.1, 0.15) is 36.4 Å². The van der Waals surface area contributed by atoms with Crippen molar-refractivity contribution in [2.75, 3.05) is 12.3 Å². The third-order valence-corrected chi connectivity index (χ3v) is 5.31. The molecule has 1 heterocycles. The van der Waals surface area contributed by atoms with Gasteiger partial charge in [0.25, 0.3) is 0 Å². The Morgan fingerprint density at radius 2 is 2.19 bits per heavy atom. The van der Waals surface area contributed by atoms with Gasteiger partial charge in [0.2, 0.25) is 5.91 Å². The fourth-order valence-corrected chi connectivity index (χ4v) is 4.10. The monoisotopic (exact) mass is 328 g/mol. The lowest BCUT2D eigenvalue weighted by molar-refractivity contribution is -0.145. The Balaban J connectivity index is 1.84. The smallest absolute Gasteiger partial charge is 0.323 e. The lowest BCUT2D eigenvalue weighted by Gasteiger charge is -2.27. The van der Waals surface area contributed by atoms with Gasteiger partial charge >= 0.3 is 5.97 Å². The first-order chi connectivity index (χ1) is 10.1. The predicted octanol–water partition coefficient (Wildman–Crippen LogP) is 2.54. The van der Waals surface area contributed by atoms with Crippen LogP contribution in [-0.2, 0) is 15.3 Å². The van der Waals surface area contributed by atoms with E-state index in [2.05, 4.69) is 4.98 Å². The molecule has 7 heteroatoms. The second-order valence-corrected chi connectivity index (χ2v) is 7.25. The molecule has 21 heavy (non-hydrogen) atoms. The number of aryl methyl sites for hydroxylation is 1. The van der Waals surface area contributed by atoms with Gasteiger partial charge in [0.15, 0.2) is 0 Å². The summed E-state index contributed by atoms with van der Waals surface area (Å²) in [5, 5.41) is 12.0. The molecule has 0 saturated heterocycles. The minimum Gasteiger partial charge on any atom is -0.480 e. The van der Waals surface area contributed by atoms with E-state index in [0.717, 1.165) is 36.4 Å². The molecule has 0 spiro atoms. The lowest BCUT2D eigenvalue weighted by Crippen LogP contribution is -2.43. The zero-order valence-corrected chi connectivity index (χ0v) is 13.7. The van der Waals surface area contributed by atoms with E-state index >= 15 is 0 Å². The van der Waals surface area contributed by atoms with Gasteiger partial charge in [0, 0.05) is 17.2 Å². The van der Waals surface area contributed by atoms with Gasteiger partial charge in [-0.3, -0.25) is 9.59 Å². The highest BCUT2D eigenvalue weighted by Crippen LogP contribution is 2.24. The maximum absolute atomic E-state index is 12.3. The van der Waals surface area contributed by atoms with Crippen LogP contribution in [0.25, 0.3) is 0 Å². The topological polar surface area (TPSA) is 70.5 Å². The zero-order valence-electron chi connectivity index (χ0n) is 12.1. The largest absolute Gasteiger partial charge is 0.480 e. The molecule has 1 aliphatic rings. The number of carboxylic acids is 1. The van der Waals surface area contributed by atoms with E-state index in [9.17, 15) is 9.59 Å². The van der Waals surface area contributed by atoms with E-state index in [-0.39, 0.29) is 18.5 Å². The number of aromatic nitrogens is 1. The second kappa shape index (κ2) is 7.79. The Morgan fingerprint density at radius 1 is 1.48 bits per heavy atom. The minimum absolute atomic E-state index is 0.0683. The van der Waals surface area contributed by atoms with Crippen molar-refractivity contribution in [1.82, 2.24) is 9.88 Å². The number of nitrogens with zero attached hydrogens (tertiary/aromatic N) is 2. The van der Waals surface area contributed by atoms with Crippen molar-refractivity contribution in [3.8, 4) is 0 Å². The molecule has 0 bridgehead atoms. The molecule has 1 aliphatic carbocycles. The summed E-state index contributed by atoms with van der Waals surface area (Å²) in [5.74, 6) is 0.0128. The molecule has 5 nitrogen and oxygen atoms in total. The van der Waals surface area contributed by atoms with Crippen molar-refractivity contribution in [2.24, 2.45) is 0 Å². The summed E-state index contributed by atoms with van der Waals surface area (Å²) >= 11 is 3.10. The van der Waals surface area contributed by atoms with Crippen LogP contribution in [0.5, 0.6) is 0 Å². The lowest BCUT2D eigenvalue weighted by atomic mass is 10.2. The van der Waals surface area contributed by atoms with E-state index in [1.54, 1.807) is 16.2 Å². The number of aliphatic carboxylic acids is 1. The summed E-state index contributed by atoms with van der Waals surface area (Å²) in [5.41, 5.74) is 0.987. The number of thiazole rings is 1. The van der Waals surface area contributed by atoms with Crippen LogP contribution >= 0.6 is 23.1 Å². The number of carboxylic acid groups (broad SMARTS) is 1. The zero-order chi connectivity index (χ0) is 15.2. The highest BCUT2D eigenvalue weighted by molar-refractivity contribution is 7.99. The molecule has 2 rings (SSSR count).